The van der Waals surface area contributed by atoms with Crippen molar-refractivity contribution in [3.63, 3.8) is 0 Å². The van der Waals surface area contributed by atoms with E-state index in [1.807, 2.05) is 32.4 Å². The Kier molecular flexibility index (Phi) is 4.87. The first-order valence-electron chi connectivity index (χ1n) is 10.9. The average molecular weight is 433 g/mol. The Labute approximate surface area is 192 Å². The SMILES string of the molecule is C#Cc1ccc(-c2cc3cccc(-c4cc(C(C)C)c5c(c4)n(C)c(=O)n5C)c3cn2)cn1. The second-order valence-electron chi connectivity index (χ2n) is 8.66. The molecule has 5 rings (SSSR count). The molecular weight excluding hydrogens is 408 g/mol. The molecule has 3 aromatic heterocycles. The van der Waals surface area contributed by atoms with Crippen LogP contribution in [0.25, 0.3) is 44.2 Å². The minimum absolute atomic E-state index is 0.0160. The molecule has 5 aromatic rings. The third-order valence-electron chi connectivity index (χ3n) is 6.29. The number of benzene rings is 2. The lowest BCUT2D eigenvalue weighted by molar-refractivity contribution is 0.788. The second-order valence-corrected chi connectivity index (χ2v) is 8.66. The molecule has 0 N–H and O–H groups in total. The van der Waals surface area contributed by atoms with Crippen LogP contribution in [0.2, 0.25) is 0 Å². The molecule has 0 saturated carbocycles. The van der Waals surface area contributed by atoms with E-state index >= 15 is 0 Å². The van der Waals surface area contributed by atoms with Crippen LogP contribution in [-0.2, 0) is 14.1 Å². The summed E-state index contributed by atoms with van der Waals surface area (Å²) in [6.07, 6.45) is 9.09. The van der Waals surface area contributed by atoms with Gasteiger partial charge in [0.15, 0.2) is 0 Å². The molecule has 0 unspecified atom stereocenters. The Hall–Kier alpha value is -4.17. The zero-order valence-electron chi connectivity index (χ0n) is 19.1. The van der Waals surface area contributed by atoms with Crippen molar-refractivity contribution in [2.45, 2.75) is 19.8 Å². The molecule has 0 amide bonds. The number of imidazole rings is 1. The molecule has 3 heterocycles. The van der Waals surface area contributed by atoms with Crippen molar-refractivity contribution < 1.29 is 0 Å². The maximum Gasteiger partial charge on any atom is 0.328 e. The Morgan fingerprint density at radius 2 is 1.76 bits per heavy atom. The van der Waals surface area contributed by atoms with Crippen LogP contribution in [-0.4, -0.2) is 19.1 Å². The number of pyridine rings is 2. The summed E-state index contributed by atoms with van der Waals surface area (Å²) in [5.74, 6) is 2.82. The van der Waals surface area contributed by atoms with Crippen LogP contribution in [0.4, 0.5) is 0 Å². The molecule has 0 spiro atoms. The van der Waals surface area contributed by atoms with E-state index in [0.29, 0.717) is 5.69 Å². The molecule has 5 heteroatoms. The summed E-state index contributed by atoms with van der Waals surface area (Å²) < 4.78 is 3.46. The third kappa shape index (κ3) is 3.32. The summed E-state index contributed by atoms with van der Waals surface area (Å²) in [5, 5.41) is 2.15. The molecule has 0 aliphatic heterocycles. The first-order valence-corrected chi connectivity index (χ1v) is 10.9. The highest BCUT2D eigenvalue weighted by Crippen LogP contribution is 2.35. The maximum absolute atomic E-state index is 12.6. The van der Waals surface area contributed by atoms with Gasteiger partial charge in [-0.2, -0.15) is 0 Å². The molecule has 0 aliphatic carbocycles. The van der Waals surface area contributed by atoms with E-state index in [1.165, 1.54) is 0 Å². The van der Waals surface area contributed by atoms with Crippen molar-refractivity contribution in [3.05, 3.63) is 82.7 Å². The van der Waals surface area contributed by atoms with E-state index in [4.69, 9.17) is 11.4 Å². The molecular formula is C28H24N4O. The van der Waals surface area contributed by atoms with Gasteiger partial charge in [0.05, 0.1) is 16.7 Å². The molecule has 0 saturated heterocycles. The van der Waals surface area contributed by atoms with Gasteiger partial charge in [-0.1, -0.05) is 38.0 Å². The van der Waals surface area contributed by atoms with Crippen LogP contribution in [0.5, 0.6) is 0 Å². The van der Waals surface area contributed by atoms with Crippen molar-refractivity contribution in [3.8, 4) is 34.7 Å². The summed E-state index contributed by atoms with van der Waals surface area (Å²) in [7, 11) is 3.67. The normalized spacial score (nSPS) is 11.4. The Morgan fingerprint density at radius 3 is 2.45 bits per heavy atom. The Bertz CT molecular complexity index is 1630. The van der Waals surface area contributed by atoms with Gasteiger partial charge in [0, 0.05) is 37.4 Å². The third-order valence-corrected chi connectivity index (χ3v) is 6.29. The fourth-order valence-corrected chi connectivity index (χ4v) is 4.49. The lowest BCUT2D eigenvalue weighted by Crippen LogP contribution is -2.19. The largest absolute Gasteiger partial charge is 0.328 e. The second kappa shape index (κ2) is 7.75. The zero-order chi connectivity index (χ0) is 23.3. The summed E-state index contributed by atoms with van der Waals surface area (Å²) in [6.45, 7) is 4.32. The Balaban J connectivity index is 1.71. The minimum atomic E-state index is -0.0160. The lowest BCUT2D eigenvalue weighted by atomic mass is 9.93. The van der Waals surface area contributed by atoms with Gasteiger partial charge in [0.25, 0.3) is 0 Å². The summed E-state index contributed by atoms with van der Waals surface area (Å²) >= 11 is 0. The van der Waals surface area contributed by atoms with Crippen molar-refractivity contribution in [2.75, 3.05) is 0 Å². The number of hydrogen-bond donors (Lipinski definition) is 0. The maximum atomic E-state index is 12.6. The van der Waals surface area contributed by atoms with E-state index in [1.54, 1.807) is 15.3 Å². The summed E-state index contributed by atoms with van der Waals surface area (Å²) in [6, 6.07) is 16.4. The van der Waals surface area contributed by atoms with Crippen molar-refractivity contribution >= 4 is 21.8 Å². The predicted molar refractivity (Wildman–Crippen MR) is 134 cm³/mol. The van der Waals surface area contributed by atoms with E-state index in [9.17, 15) is 4.79 Å². The molecule has 162 valence electrons. The number of terminal acetylenes is 1. The van der Waals surface area contributed by atoms with E-state index in [-0.39, 0.29) is 11.6 Å². The van der Waals surface area contributed by atoms with Crippen molar-refractivity contribution in [2.24, 2.45) is 14.1 Å². The fraction of sp³-hybridized carbons (Fsp3) is 0.179. The van der Waals surface area contributed by atoms with Gasteiger partial charge in [0.1, 0.15) is 5.69 Å². The quantitative estimate of drug-likeness (QED) is 0.366. The average Bonchev–Trinajstić information content (AvgIpc) is 3.06. The Morgan fingerprint density at radius 1 is 0.939 bits per heavy atom. The van der Waals surface area contributed by atoms with Gasteiger partial charge >= 0.3 is 5.69 Å². The van der Waals surface area contributed by atoms with Crippen LogP contribution < -0.4 is 5.69 Å². The first kappa shape index (κ1) is 20.7. The van der Waals surface area contributed by atoms with Gasteiger partial charge in [-0.25, -0.2) is 9.78 Å². The van der Waals surface area contributed by atoms with Gasteiger partial charge in [0.2, 0.25) is 0 Å². The number of nitrogens with zero attached hydrogens (tertiary/aromatic N) is 4. The fourth-order valence-electron chi connectivity index (χ4n) is 4.49. The first-order chi connectivity index (χ1) is 15.9. The van der Waals surface area contributed by atoms with E-state index < -0.39 is 0 Å². The monoisotopic (exact) mass is 432 g/mol. The van der Waals surface area contributed by atoms with Gasteiger partial charge in [-0.15, -0.1) is 6.42 Å². The van der Waals surface area contributed by atoms with Crippen LogP contribution in [0.1, 0.15) is 31.0 Å². The topological polar surface area (TPSA) is 52.7 Å². The number of aryl methyl sites for hydroxylation is 2. The molecule has 0 radical (unpaired) electrons. The van der Waals surface area contributed by atoms with E-state index in [0.717, 1.165) is 49.8 Å². The van der Waals surface area contributed by atoms with Crippen molar-refractivity contribution in [1.82, 2.24) is 19.1 Å². The minimum Gasteiger partial charge on any atom is -0.295 e. The van der Waals surface area contributed by atoms with E-state index in [2.05, 4.69) is 61.2 Å². The number of fused-ring (bicyclic) bond motifs is 2. The number of rotatable bonds is 3. The zero-order valence-corrected chi connectivity index (χ0v) is 19.1. The number of hydrogen-bond acceptors (Lipinski definition) is 3. The molecule has 0 fully saturated rings. The summed E-state index contributed by atoms with van der Waals surface area (Å²) in [4.78, 5) is 21.6. The van der Waals surface area contributed by atoms with Gasteiger partial charge < -0.3 is 0 Å². The molecule has 2 aromatic carbocycles. The molecule has 0 bridgehead atoms. The molecule has 5 nitrogen and oxygen atoms in total. The highest BCUT2D eigenvalue weighted by molar-refractivity contribution is 5.99. The summed E-state index contributed by atoms with van der Waals surface area (Å²) in [5.41, 5.74) is 7.61. The highest BCUT2D eigenvalue weighted by atomic mass is 16.1. The smallest absolute Gasteiger partial charge is 0.295 e. The molecule has 0 atom stereocenters. The lowest BCUT2D eigenvalue weighted by Gasteiger charge is -2.14. The predicted octanol–water partition coefficient (Wildman–Crippen LogP) is 5.26. The number of aromatic nitrogens is 4. The van der Waals surface area contributed by atoms with Crippen LogP contribution in [0.3, 0.4) is 0 Å². The van der Waals surface area contributed by atoms with Gasteiger partial charge in [-0.05, 0) is 58.3 Å². The standard InChI is InChI=1S/C28H24N4O/c1-6-21-11-10-19(15-29-21)25-13-18-8-7-9-22(24(18)16-30-25)20-12-23(17(2)3)27-26(14-20)31(4)28(33)32(27)5/h1,7-17H,2-5H3. The van der Waals surface area contributed by atoms with Crippen LogP contribution in [0, 0.1) is 12.3 Å². The van der Waals surface area contributed by atoms with Crippen LogP contribution in [0.15, 0.2) is 65.7 Å². The molecule has 33 heavy (non-hydrogen) atoms. The van der Waals surface area contributed by atoms with Crippen molar-refractivity contribution in [1.29, 1.82) is 0 Å². The molecule has 0 aliphatic rings. The van der Waals surface area contributed by atoms with Gasteiger partial charge in [-0.3, -0.25) is 14.1 Å². The van der Waals surface area contributed by atoms with Crippen LogP contribution >= 0.6 is 0 Å². The highest BCUT2D eigenvalue weighted by Gasteiger charge is 2.17.